The molecule has 0 saturated carbocycles. The van der Waals surface area contributed by atoms with Crippen molar-refractivity contribution in [3.05, 3.63) is 66.4 Å². The molecule has 1 aliphatic rings. The van der Waals surface area contributed by atoms with Crippen LogP contribution in [0.2, 0.25) is 0 Å². The zero-order chi connectivity index (χ0) is 19.5. The Kier molecular flexibility index (Phi) is 5.14. The van der Waals surface area contributed by atoms with Gasteiger partial charge in [-0.15, -0.1) is 0 Å². The first-order valence-electron chi connectivity index (χ1n) is 8.57. The van der Waals surface area contributed by atoms with Crippen LogP contribution in [0.15, 0.2) is 69.5 Å². The number of hydrogen-bond acceptors (Lipinski definition) is 6. The lowest BCUT2D eigenvalue weighted by atomic mass is 10.2. The second-order valence-corrected chi connectivity index (χ2v) is 7.16. The molecule has 2 amide bonds. The Morgan fingerprint density at radius 3 is 2.96 bits per heavy atom. The Morgan fingerprint density at radius 2 is 2.18 bits per heavy atom. The summed E-state index contributed by atoms with van der Waals surface area (Å²) in [6, 6.07) is 8.89. The number of benzene rings is 1. The highest BCUT2D eigenvalue weighted by Crippen LogP contribution is 2.42. The lowest BCUT2D eigenvalue weighted by molar-refractivity contribution is 0.0971. The van der Waals surface area contributed by atoms with Crippen molar-refractivity contribution in [1.82, 2.24) is 4.98 Å². The molecule has 3 aromatic rings. The monoisotopic (exact) mass is 395 g/mol. The topological polar surface area (TPSA) is 84.7 Å². The van der Waals surface area contributed by atoms with Gasteiger partial charge < -0.3 is 19.4 Å². The summed E-state index contributed by atoms with van der Waals surface area (Å²) in [5, 5.41) is 2.86. The maximum atomic E-state index is 13.1. The van der Waals surface area contributed by atoms with Gasteiger partial charge in [-0.05, 0) is 30.3 Å². The number of furan rings is 1. The highest BCUT2D eigenvalue weighted by Gasteiger charge is 2.27. The third kappa shape index (κ3) is 3.51. The number of anilines is 2. The normalized spacial score (nSPS) is 12.9. The van der Waals surface area contributed by atoms with Gasteiger partial charge in [-0.25, -0.2) is 0 Å². The first-order chi connectivity index (χ1) is 13.7. The van der Waals surface area contributed by atoms with Crippen LogP contribution < -0.4 is 10.2 Å². The van der Waals surface area contributed by atoms with Gasteiger partial charge in [0, 0.05) is 41.5 Å². The molecule has 1 aliphatic heterocycles. The SMILES string of the molecule is COCCN1C(=O)c2cnccc2Sc2cc(NC(=O)c3ccoc3)ccc21. The predicted octanol–water partition coefficient (Wildman–Crippen LogP) is 3.68. The summed E-state index contributed by atoms with van der Waals surface area (Å²) >= 11 is 1.47. The number of pyridine rings is 1. The largest absolute Gasteiger partial charge is 0.472 e. The number of carbonyl (C=O) groups is 2. The average molecular weight is 395 g/mol. The zero-order valence-electron chi connectivity index (χ0n) is 15.0. The molecule has 1 N–H and O–H groups in total. The van der Waals surface area contributed by atoms with Crippen LogP contribution in [0.4, 0.5) is 11.4 Å². The van der Waals surface area contributed by atoms with Crippen molar-refractivity contribution in [3.8, 4) is 0 Å². The van der Waals surface area contributed by atoms with Crippen LogP contribution in [-0.2, 0) is 4.74 Å². The van der Waals surface area contributed by atoms with E-state index in [0.717, 1.165) is 15.5 Å². The summed E-state index contributed by atoms with van der Waals surface area (Å²) in [6.45, 7) is 0.822. The highest BCUT2D eigenvalue weighted by atomic mass is 32.2. The van der Waals surface area contributed by atoms with E-state index in [4.69, 9.17) is 9.15 Å². The van der Waals surface area contributed by atoms with E-state index in [9.17, 15) is 9.59 Å². The third-order valence-electron chi connectivity index (χ3n) is 4.29. The smallest absolute Gasteiger partial charge is 0.261 e. The Morgan fingerprint density at radius 1 is 1.29 bits per heavy atom. The summed E-state index contributed by atoms with van der Waals surface area (Å²) in [4.78, 5) is 32.8. The lowest BCUT2D eigenvalue weighted by Crippen LogP contribution is -2.34. The van der Waals surface area contributed by atoms with Crippen molar-refractivity contribution in [3.63, 3.8) is 0 Å². The number of nitrogens with zero attached hydrogens (tertiary/aromatic N) is 2. The molecule has 0 unspecified atom stereocenters. The number of nitrogens with one attached hydrogen (secondary N) is 1. The van der Waals surface area contributed by atoms with Crippen molar-refractivity contribution in [2.45, 2.75) is 9.79 Å². The van der Waals surface area contributed by atoms with Crippen LogP contribution in [0.1, 0.15) is 20.7 Å². The fourth-order valence-electron chi connectivity index (χ4n) is 2.90. The van der Waals surface area contributed by atoms with E-state index < -0.39 is 0 Å². The molecule has 7 nitrogen and oxygen atoms in total. The summed E-state index contributed by atoms with van der Waals surface area (Å²) in [6.07, 6.45) is 6.08. The van der Waals surface area contributed by atoms with E-state index in [1.165, 1.54) is 24.3 Å². The van der Waals surface area contributed by atoms with E-state index in [0.29, 0.717) is 30.0 Å². The minimum Gasteiger partial charge on any atom is -0.472 e. The van der Waals surface area contributed by atoms with Crippen molar-refractivity contribution < 1.29 is 18.7 Å². The number of ether oxygens (including phenoxy) is 1. The molecule has 8 heteroatoms. The first-order valence-corrected chi connectivity index (χ1v) is 9.39. The van der Waals surface area contributed by atoms with Crippen LogP contribution in [0, 0.1) is 0 Å². The first kappa shape index (κ1) is 18.3. The number of carbonyl (C=O) groups excluding carboxylic acids is 2. The minimum atomic E-state index is -0.260. The van der Waals surface area contributed by atoms with Gasteiger partial charge >= 0.3 is 0 Å². The van der Waals surface area contributed by atoms with Gasteiger partial charge in [0.2, 0.25) is 0 Å². The van der Waals surface area contributed by atoms with E-state index >= 15 is 0 Å². The molecule has 1 aromatic carbocycles. The number of methoxy groups -OCH3 is 1. The zero-order valence-corrected chi connectivity index (χ0v) is 15.9. The van der Waals surface area contributed by atoms with Crippen LogP contribution in [0.5, 0.6) is 0 Å². The molecule has 3 heterocycles. The Labute approximate surface area is 165 Å². The van der Waals surface area contributed by atoms with E-state index in [-0.39, 0.29) is 11.8 Å². The van der Waals surface area contributed by atoms with E-state index in [1.54, 1.807) is 36.5 Å². The number of hydrogen-bond donors (Lipinski definition) is 1. The number of amides is 2. The number of aromatic nitrogens is 1. The predicted molar refractivity (Wildman–Crippen MR) is 105 cm³/mol. The molecule has 0 aliphatic carbocycles. The molecule has 0 bridgehead atoms. The van der Waals surface area contributed by atoms with Gasteiger partial charge in [0.05, 0.1) is 29.7 Å². The summed E-state index contributed by atoms with van der Waals surface area (Å²) < 4.78 is 10.1. The molecule has 142 valence electrons. The highest BCUT2D eigenvalue weighted by molar-refractivity contribution is 7.99. The quantitative estimate of drug-likeness (QED) is 0.709. The second-order valence-electron chi connectivity index (χ2n) is 6.07. The summed E-state index contributed by atoms with van der Waals surface area (Å²) in [5.74, 6) is -0.383. The van der Waals surface area contributed by atoms with Crippen LogP contribution in [-0.4, -0.2) is 37.1 Å². The van der Waals surface area contributed by atoms with Gasteiger partial charge in [-0.3, -0.25) is 14.6 Å². The number of rotatable bonds is 5. The molecule has 0 radical (unpaired) electrons. The van der Waals surface area contributed by atoms with Crippen LogP contribution >= 0.6 is 11.8 Å². The van der Waals surface area contributed by atoms with Crippen molar-refractivity contribution in [2.75, 3.05) is 30.5 Å². The van der Waals surface area contributed by atoms with E-state index in [2.05, 4.69) is 10.3 Å². The molecule has 0 fully saturated rings. The Hall–Kier alpha value is -3.10. The Bertz CT molecular complexity index is 1020. The molecule has 4 rings (SSSR count). The lowest BCUT2D eigenvalue weighted by Gasteiger charge is -2.23. The molecule has 2 aromatic heterocycles. The Balaban J connectivity index is 1.71. The maximum Gasteiger partial charge on any atom is 0.261 e. The van der Waals surface area contributed by atoms with Crippen LogP contribution in [0.3, 0.4) is 0 Å². The standard InChI is InChI=1S/C20H17N3O4S/c1-26-9-7-23-16-3-2-14(22-19(24)13-5-8-27-12-13)10-18(16)28-17-4-6-21-11-15(17)20(23)25/h2-6,8,10-12H,7,9H2,1H3,(H,22,24). The second kappa shape index (κ2) is 7.87. The summed E-state index contributed by atoms with van der Waals surface area (Å²) in [7, 11) is 1.60. The molecule has 0 atom stereocenters. The van der Waals surface area contributed by atoms with Gasteiger partial charge in [0.15, 0.2) is 0 Å². The van der Waals surface area contributed by atoms with Crippen molar-refractivity contribution in [1.29, 1.82) is 0 Å². The van der Waals surface area contributed by atoms with Gasteiger partial charge in [0.1, 0.15) is 6.26 Å². The molecular formula is C20H17N3O4S. The van der Waals surface area contributed by atoms with Crippen molar-refractivity contribution >= 4 is 35.0 Å². The summed E-state index contributed by atoms with van der Waals surface area (Å²) in [5.41, 5.74) is 2.39. The van der Waals surface area contributed by atoms with Crippen molar-refractivity contribution in [2.24, 2.45) is 0 Å². The molecular weight excluding hydrogens is 378 g/mol. The van der Waals surface area contributed by atoms with Gasteiger partial charge in [-0.2, -0.15) is 0 Å². The van der Waals surface area contributed by atoms with Gasteiger partial charge in [0.25, 0.3) is 11.8 Å². The minimum absolute atomic E-state index is 0.124. The van der Waals surface area contributed by atoms with Gasteiger partial charge in [-0.1, -0.05) is 11.8 Å². The van der Waals surface area contributed by atoms with Crippen LogP contribution in [0.25, 0.3) is 0 Å². The molecule has 0 saturated heterocycles. The average Bonchev–Trinajstić information content (AvgIpc) is 3.21. The molecule has 28 heavy (non-hydrogen) atoms. The van der Waals surface area contributed by atoms with E-state index in [1.807, 2.05) is 18.2 Å². The third-order valence-corrected chi connectivity index (χ3v) is 5.41. The fraction of sp³-hybridized carbons (Fsp3) is 0.150. The number of fused-ring (bicyclic) bond motifs is 2. The maximum absolute atomic E-state index is 13.1. The fourth-order valence-corrected chi connectivity index (χ4v) is 3.99. The molecule has 0 spiro atoms.